The van der Waals surface area contributed by atoms with E-state index in [4.69, 9.17) is 11.1 Å². The minimum Gasteiger partial charge on any atom is -0.384 e. The summed E-state index contributed by atoms with van der Waals surface area (Å²) in [6, 6.07) is 1.56. The summed E-state index contributed by atoms with van der Waals surface area (Å²) < 4.78 is 1.50. The van der Waals surface area contributed by atoms with Gasteiger partial charge in [-0.05, 0) is 31.7 Å². The van der Waals surface area contributed by atoms with Gasteiger partial charge in [-0.3, -0.25) is 9.98 Å². The van der Waals surface area contributed by atoms with Crippen LogP contribution in [0, 0.1) is 5.41 Å². The van der Waals surface area contributed by atoms with Crippen molar-refractivity contribution >= 4 is 17.6 Å². The van der Waals surface area contributed by atoms with E-state index >= 15 is 0 Å². The third kappa shape index (κ3) is 2.65. The van der Waals surface area contributed by atoms with Gasteiger partial charge in [-0.2, -0.15) is 5.10 Å². The zero-order valence-corrected chi connectivity index (χ0v) is 11.2. The maximum atomic E-state index is 11.6. The molecule has 0 aliphatic heterocycles. The summed E-state index contributed by atoms with van der Waals surface area (Å²) in [5.41, 5.74) is 5.65. The van der Waals surface area contributed by atoms with E-state index in [1.807, 2.05) is 13.8 Å². The van der Waals surface area contributed by atoms with Crippen LogP contribution in [0.3, 0.4) is 0 Å². The third-order valence-electron chi connectivity index (χ3n) is 2.35. The topological polar surface area (TPSA) is 126 Å². The lowest BCUT2D eigenvalue weighted by Gasteiger charge is -2.09. The van der Waals surface area contributed by atoms with Crippen molar-refractivity contribution in [2.45, 2.75) is 30.1 Å². The first-order chi connectivity index (χ1) is 9.00. The van der Waals surface area contributed by atoms with E-state index in [0.717, 1.165) is 11.8 Å². The lowest BCUT2D eigenvalue weighted by atomic mass is 10.3. The van der Waals surface area contributed by atoms with Gasteiger partial charge in [0.15, 0.2) is 5.16 Å². The molecule has 0 spiro atoms. The molecule has 2 rings (SSSR count). The summed E-state index contributed by atoms with van der Waals surface area (Å²) >= 11 is 1.14. The standard InChI is InChI=1S/C10H13N7OS/c1-5(2)17-9(18)15-16-10(17)19-8-6(7(11)12)3-4-13-14-8/h3-5H,1-2H3,(H3,11,12)(H,15,18). The molecular formula is C10H13N7OS. The van der Waals surface area contributed by atoms with E-state index in [0.29, 0.717) is 15.7 Å². The molecular weight excluding hydrogens is 266 g/mol. The van der Waals surface area contributed by atoms with Gasteiger partial charge >= 0.3 is 5.69 Å². The molecule has 4 N–H and O–H groups in total. The van der Waals surface area contributed by atoms with E-state index in [1.165, 1.54) is 10.8 Å². The Morgan fingerprint density at radius 2 is 2.32 bits per heavy atom. The fourth-order valence-corrected chi connectivity index (χ4v) is 2.54. The van der Waals surface area contributed by atoms with Crippen LogP contribution in [0.25, 0.3) is 0 Å². The molecule has 0 saturated heterocycles. The lowest BCUT2D eigenvalue weighted by molar-refractivity contribution is 0.533. The van der Waals surface area contributed by atoms with Gasteiger partial charge in [0.05, 0.1) is 11.8 Å². The number of rotatable bonds is 4. The molecule has 0 unspecified atom stereocenters. The first-order valence-corrected chi connectivity index (χ1v) is 6.33. The van der Waals surface area contributed by atoms with Crippen LogP contribution in [-0.4, -0.2) is 30.8 Å². The van der Waals surface area contributed by atoms with Crippen molar-refractivity contribution in [3.05, 3.63) is 28.3 Å². The van der Waals surface area contributed by atoms with Crippen molar-refractivity contribution in [1.29, 1.82) is 5.41 Å². The molecule has 0 atom stereocenters. The summed E-state index contributed by atoms with van der Waals surface area (Å²) in [5.74, 6) is -0.105. The Hall–Kier alpha value is -2.16. The smallest absolute Gasteiger partial charge is 0.344 e. The molecule has 19 heavy (non-hydrogen) atoms. The average molecular weight is 279 g/mol. The van der Waals surface area contributed by atoms with E-state index in [1.54, 1.807) is 6.07 Å². The van der Waals surface area contributed by atoms with Crippen LogP contribution in [0.4, 0.5) is 0 Å². The second kappa shape index (κ2) is 5.22. The molecule has 2 aromatic heterocycles. The first-order valence-electron chi connectivity index (χ1n) is 5.51. The van der Waals surface area contributed by atoms with Gasteiger partial charge in [0.25, 0.3) is 0 Å². The Kier molecular flexibility index (Phi) is 3.65. The predicted molar refractivity (Wildman–Crippen MR) is 70.4 cm³/mol. The van der Waals surface area contributed by atoms with E-state index in [2.05, 4.69) is 20.4 Å². The highest BCUT2D eigenvalue weighted by molar-refractivity contribution is 7.99. The Bertz CT molecular complexity index is 660. The third-order valence-corrected chi connectivity index (χ3v) is 3.32. The van der Waals surface area contributed by atoms with Crippen LogP contribution in [0.15, 0.2) is 27.2 Å². The van der Waals surface area contributed by atoms with Gasteiger partial charge < -0.3 is 5.73 Å². The number of aromatic amines is 1. The maximum absolute atomic E-state index is 11.6. The summed E-state index contributed by atoms with van der Waals surface area (Å²) in [6.07, 6.45) is 1.46. The number of nitrogens with two attached hydrogens (primary N) is 1. The molecule has 0 aliphatic rings. The monoisotopic (exact) mass is 279 g/mol. The van der Waals surface area contributed by atoms with Gasteiger partial charge in [0, 0.05) is 6.04 Å². The quantitative estimate of drug-likeness (QED) is 0.548. The predicted octanol–water partition coefficient (Wildman–Crippen LogP) is 0.378. The highest BCUT2D eigenvalue weighted by atomic mass is 32.2. The molecule has 2 aromatic rings. The number of nitrogens with one attached hydrogen (secondary N) is 2. The Morgan fingerprint density at radius 3 is 2.95 bits per heavy atom. The number of amidine groups is 1. The largest absolute Gasteiger partial charge is 0.384 e. The molecule has 0 fully saturated rings. The van der Waals surface area contributed by atoms with Crippen LogP contribution in [0.2, 0.25) is 0 Å². The highest BCUT2D eigenvalue weighted by Gasteiger charge is 2.16. The molecule has 2 heterocycles. The Morgan fingerprint density at radius 1 is 1.58 bits per heavy atom. The number of hydrogen-bond acceptors (Lipinski definition) is 6. The number of nitrogen functional groups attached to an aromatic ring is 1. The van der Waals surface area contributed by atoms with Crippen LogP contribution < -0.4 is 11.4 Å². The fourth-order valence-electron chi connectivity index (χ4n) is 1.50. The number of aromatic nitrogens is 5. The van der Waals surface area contributed by atoms with Gasteiger partial charge in [0.2, 0.25) is 0 Å². The molecule has 0 amide bonds. The zero-order valence-electron chi connectivity index (χ0n) is 10.4. The minimum absolute atomic E-state index is 0.0359. The van der Waals surface area contributed by atoms with Crippen molar-refractivity contribution in [3.8, 4) is 0 Å². The number of nitrogens with zero attached hydrogens (tertiary/aromatic N) is 4. The normalized spacial score (nSPS) is 10.9. The molecule has 0 saturated carbocycles. The summed E-state index contributed by atoms with van der Waals surface area (Å²) in [5, 5.41) is 22.4. The lowest BCUT2D eigenvalue weighted by Crippen LogP contribution is -2.19. The first kappa shape index (κ1) is 13.3. The molecule has 9 heteroatoms. The van der Waals surface area contributed by atoms with Gasteiger partial charge in [-0.15, -0.1) is 10.2 Å². The van der Waals surface area contributed by atoms with Gasteiger partial charge in [-0.1, -0.05) is 0 Å². The SMILES string of the molecule is CC(C)n1c(Sc2nnccc2C(=N)N)n[nH]c1=O. The summed E-state index contributed by atoms with van der Waals surface area (Å²) in [7, 11) is 0. The summed E-state index contributed by atoms with van der Waals surface area (Å²) in [6.45, 7) is 3.76. The summed E-state index contributed by atoms with van der Waals surface area (Å²) in [4.78, 5) is 11.6. The fraction of sp³-hybridized carbons (Fsp3) is 0.300. The average Bonchev–Trinajstić information content (AvgIpc) is 2.71. The minimum atomic E-state index is -0.286. The number of H-pyrrole nitrogens is 1. The van der Waals surface area contributed by atoms with Crippen molar-refractivity contribution in [1.82, 2.24) is 25.0 Å². The molecule has 0 bridgehead atoms. The van der Waals surface area contributed by atoms with E-state index < -0.39 is 0 Å². The van der Waals surface area contributed by atoms with Crippen LogP contribution in [0.1, 0.15) is 25.5 Å². The van der Waals surface area contributed by atoms with Gasteiger partial charge in [-0.25, -0.2) is 9.89 Å². The van der Waals surface area contributed by atoms with Crippen LogP contribution in [0.5, 0.6) is 0 Å². The number of hydrogen-bond donors (Lipinski definition) is 3. The van der Waals surface area contributed by atoms with Crippen molar-refractivity contribution in [3.63, 3.8) is 0 Å². The Labute approximate surface area is 112 Å². The van der Waals surface area contributed by atoms with E-state index in [9.17, 15) is 4.79 Å². The van der Waals surface area contributed by atoms with Crippen molar-refractivity contribution in [2.24, 2.45) is 5.73 Å². The van der Waals surface area contributed by atoms with Crippen molar-refractivity contribution < 1.29 is 0 Å². The van der Waals surface area contributed by atoms with Crippen LogP contribution >= 0.6 is 11.8 Å². The van der Waals surface area contributed by atoms with Crippen LogP contribution in [-0.2, 0) is 0 Å². The zero-order chi connectivity index (χ0) is 14.0. The van der Waals surface area contributed by atoms with Gasteiger partial charge in [0.1, 0.15) is 10.9 Å². The molecule has 0 aliphatic carbocycles. The second-order valence-electron chi connectivity index (χ2n) is 4.04. The molecule has 0 aromatic carbocycles. The van der Waals surface area contributed by atoms with E-state index in [-0.39, 0.29) is 17.6 Å². The molecule has 0 radical (unpaired) electrons. The molecule has 8 nitrogen and oxygen atoms in total. The van der Waals surface area contributed by atoms with Crippen molar-refractivity contribution in [2.75, 3.05) is 0 Å². The highest BCUT2D eigenvalue weighted by Crippen LogP contribution is 2.26. The second-order valence-corrected chi connectivity index (χ2v) is 5.00. The Balaban J connectivity index is 2.43. The molecule has 100 valence electrons. The maximum Gasteiger partial charge on any atom is 0.344 e.